The van der Waals surface area contributed by atoms with Crippen molar-refractivity contribution in [3.63, 3.8) is 0 Å². The van der Waals surface area contributed by atoms with Crippen molar-refractivity contribution in [2.45, 2.75) is 12.1 Å². The second-order valence-corrected chi connectivity index (χ2v) is 3.11. The van der Waals surface area contributed by atoms with Gasteiger partial charge < -0.3 is 16.2 Å². The van der Waals surface area contributed by atoms with Crippen LogP contribution in [0.15, 0.2) is 24.3 Å². The monoisotopic (exact) mass is 178 g/mol. The van der Waals surface area contributed by atoms with Gasteiger partial charge in [-0.1, -0.05) is 12.1 Å². The third kappa shape index (κ3) is 1.25. The standard InChI is InChI=1S/C9H10N2O2/c10-7-8(11-9(7)13)5-2-1-3-6(12)4-5/h1-4,7-8,12H,10H2,(H,11,13). The van der Waals surface area contributed by atoms with Gasteiger partial charge in [0, 0.05) is 0 Å². The number of rotatable bonds is 1. The molecule has 1 aliphatic heterocycles. The molecule has 1 fully saturated rings. The molecule has 0 aliphatic carbocycles. The van der Waals surface area contributed by atoms with Crippen LogP contribution in [0.3, 0.4) is 0 Å². The smallest absolute Gasteiger partial charge is 0.239 e. The van der Waals surface area contributed by atoms with E-state index in [1.165, 1.54) is 0 Å². The van der Waals surface area contributed by atoms with Crippen LogP contribution in [0.4, 0.5) is 0 Å². The van der Waals surface area contributed by atoms with Crippen LogP contribution >= 0.6 is 0 Å². The Morgan fingerprint density at radius 3 is 2.77 bits per heavy atom. The summed E-state index contributed by atoms with van der Waals surface area (Å²) in [4.78, 5) is 10.8. The number of hydrogen-bond donors (Lipinski definition) is 3. The lowest BCUT2D eigenvalue weighted by molar-refractivity contribution is -0.130. The molecule has 1 aliphatic rings. The molecule has 0 aromatic heterocycles. The summed E-state index contributed by atoms with van der Waals surface area (Å²) in [5.41, 5.74) is 6.39. The van der Waals surface area contributed by atoms with E-state index in [0.717, 1.165) is 5.56 Å². The van der Waals surface area contributed by atoms with Gasteiger partial charge in [0.25, 0.3) is 0 Å². The number of phenolic OH excluding ortho intramolecular Hbond substituents is 1. The van der Waals surface area contributed by atoms with E-state index in [9.17, 15) is 9.90 Å². The van der Waals surface area contributed by atoms with Crippen molar-refractivity contribution in [2.24, 2.45) is 5.73 Å². The minimum Gasteiger partial charge on any atom is -0.508 e. The predicted molar refractivity (Wildman–Crippen MR) is 47.0 cm³/mol. The predicted octanol–water partition coefficient (Wildman–Crippen LogP) is -0.110. The van der Waals surface area contributed by atoms with Crippen molar-refractivity contribution >= 4 is 5.91 Å². The molecule has 0 spiro atoms. The zero-order valence-electron chi connectivity index (χ0n) is 6.90. The highest BCUT2D eigenvalue weighted by atomic mass is 16.3. The van der Waals surface area contributed by atoms with E-state index in [0.29, 0.717) is 0 Å². The van der Waals surface area contributed by atoms with Crippen molar-refractivity contribution in [3.05, 3.63) is 29.8 Å². The Morgan fingerprint density at radius 1 is 1.46 bits per heavy atom. The van der Waals surface area contributed by atoms with Crippen LogP contribution in [-0.4, -0.2) is 17.1 Å². The molecule has 1 aromatic rings. The summed E-state index contributed by atoms with van der Waals surface area (Å²) in [6, 6.07) is 6.09. The number of amides is 1. The first-order chi connectivity index (χ1) is 6.18. The van der Waals surface area contributed by atoms with Gasteiger partial charge in [0.1, 0.15) is 11.8 Å². The van der Waals surface area contributed by atoms with Gasteiger partial charge in [-0.15, -0.1) is 0 Å². The van der Waals surface area contributed by atoms with Gasteiger partial charge >= 0.3 is 0 Å². The molecule has 0 bridgehead atoms. The minimum atomic E-state index is -0.484. The Labute approximate surface area is 75.4 Å². The van der Waals surface area contributed by atoms with Gasteiger partial charge in [-0.2, -0.15) is 0 Å². The fourth-order valence-electron chi connectivity index (χ4n) is 1.40. The molecule has 1 saturated heterocycles. The maximum atomic E-state index is 10.8. The Kier molecular flexibility index (Phi) is 1.70. The Morgan fingerprint density at radius 2 is 2.23 bits per heavy atom. The highest BCUT2D eigenvalue weighted by Crippen LogP contribution is 2.25. The second kappa shape index (κ2) is 2.74. The van der Waals surface area contributed by atoms with E-state index < -0.39 is 6.04 Å². The molecule has 2 atom stereocenters. The normalized spacial score (nSPS) is 26.4. The summed E-state index contributed by atoms with van der Waals surface area (Å²) in [5.74, 6) is 0.0409. The van der Waals surface area contributed by atoms with Crippen molar-refractivity contribution in [1.82, 2.24) is 5.32 Å². The SMILES string of the molecule is NC1C(=O)NC1c1cccc(O)c1. The zero-order valence-corrected chi connectivity index (χ0v) is 6.90. The lowest BCUT2D eigenvalue weighted by Gasteiger charge is -2.34. The molecule has 2 unspecified atom stereocenters. The second-order valence-electron chi connectivity index (χ2n) is 3.11. The molecule has 68 valence electrons. The largest absolute Gasteiger partial charge is 0.508 e. The van der Waals surface area contributed by atoms with Crippen LogP contribution in [0.2, 0.25) is 0 Å². The van der Waals surface area contributed by atoms with Crippen LogP contribution in [0.1, 0.15) is 11.6 Å². The van der Waals surface area contributed by atoms with Crippen molar-refractivity contribution in [3.8, 4) is 5.75 Å². The summed E-state index contributed by atoms with van der Waals surface area (Å²) in [6.45, 7) is 0. The highest BCUT2D eigenvalue weighted by Gasteiger charge is 2.36. The van der Waals surface area contributed by atoms with E-state index in [1.54, 1.807) is 18.2 Å². The Hall–Kier alpha value is -1.55. The molecular formula is C9H10N2O2. The molecule has 1 amide bonds. The van der Waals surface area contributed by atoms with Gasteiger partial charge in [-0.3, -0.25) is 4.79 Å². The van der Waals surface area contributed by atoms with Gasteiger partial charge in [0.2, 0.25) is 5.91 Å². The number of nitrogens with one attached hydrogen (secondary N) is 1. The molecule has 2 rings (SSSR count). The first kappa shape index (κ1) is 8.07. The van der Waals surface area contributed by atoms with Crippen LogP contribution < -0.4 is 11.1 Å². The summed E-state index contributed by atoms with van der Waals surface area (Å²) in [6.07, 6.45) is 0. The number of aromatic hydroxyl groups is 1. The Bertz CT molecular complexity index is 351. The van der Waals surface area contributed by atoms with E-state index in [-0.39, 0.29) is 17.7 Å². The topological polar surface area (TPSA) is 75.4 Å². The highest BCUT2D eigenvalue weighted by molar-refractivity contribution is 5.89. The van der Waals surface area contributed by atoms with E-state index in [1.807, 2.05) is 6.07 Å². The van der Waals surface area contributed by atoms with Crippen LogP contribution in [0.25, 0.3) is 0 Å². The first-order valence-electron chi connectivity index (χ1n) is 4.03. The fourth-order valence-corrected chi connectivity index (χ4v) is 1.40. The maximum absolute atomic E-state index is 10.8. The van der Waals surface area contributed by atoms with E-state index in [4.69, 9.17) is 5.73 Å². The number of phenols is 1. The molecule has 0 radical (unpaired) electrons. The van der Waals surface area contributed by atoms with Crippen molar-refractivity contribution in [2.75, 3.05) is 0 Å². The van der Waals surface area contributed by atoms with Crippen molar-refractivity contribution < 1.29 is 9.90 Å². The van der Waals surface area contributed by atoms with Crippen molar-refractivity contribution in [1.29, 1.82) is 0 Å². The lowest BCUT2D eigenvalue weighted by atomic mass is 9.92. The minimum absolute atomic E-state index is 0.145. The average molecular weight is 178 g/mol. The van der Waals surface area contributed by atoms with Crippen LogP contribution in [0, 0.1) is 0 Å². The average Bonchev–Trinajstić information content (AvgIpc) is 2.13. The number of carbonyl (C=O) groups is 1. The van der Waals surface area contributed by atoms with Gasteiger partial charge in [-0.25, -0.2) is 0 Å². The molecule has 4 N–H and O–H groups in total. The van der Waals surface area contributed by atoms with E-state index in [2.05, 4.69) is 5.32 Å². The van der Waals surface area contributed by atoms with Gasteiger partial charge in [0.05, 0.1) is 6.04 Å². The third-order valence-electron chi connectivity index (χ3n) is 2.19. The quantitative estimate of drug-likeness (QED) is 0.525. The molecule has 4 heteroatoms. The van der Waals surface area contributed by atoms with Gasteiger partial charge in [-0.05, 0) is 17.7 Å². The number of β-lactam (4-membered cyclic amide) rings is 1. The molecular weight excluding hydrogens is 168 g/mol. The molecule has 1 heterocycles. The zero-order chi connectivity index (χ0) is 9.42. The number of hydrogen-bond acceptors (Lipinski definition) is 3. The number of benzene rings is 1. The summed E-state index contributed by atoms with van der Waals surface area (Å²) in [5, 5.41) is 11.8. The lowest BCUT2D eigenvalue weighted by Crippen LogP contribution is -2.60. The van der Waals surface area contributed by atoms with E-state index >= 15 is 0 Å². The Balaban J connectivity index is 2.23. The number of nitrogens with two attached hydrogens (primary N) is 1. The van der Waals surface area contributed by atoms with Crippen LogP contribution in [-0.2, 0) is 4.79 Å². The fraction of sp³-hybridized carbons (Fsp3) is 0.222. The maximum Gasteiger partial charge on any atom is 0.239 e. The molecule has 1 aromatic carbocycles. The third-order valence-corrected chi connectivity index (χ3v) is 2.19. The summed E-state index contributed by atoms with van der Waals surface area (Å²) >= 11 is 0. The first-order valence-corrected chi connectivity index (χ1v) is 4.03. The summed E-state index contributed by atoms with van der Waals surface area (Å²) < 4.78 is 0. The van der Waals surface area contributed by atoms with Gasteiger partial charge in [0.15, 0.2) is 0 Å². The summed E-state index contributed by atoms with van der Waals surface area (Å²) in [7, 11) is 0. The number of carbonyl (C=O) groups excluding carboxylic acids is 1. The molecule has 0 saturated carbocycles. The van der Waals surface area contributed by atoms with Crippen LogP contribution in [0.5, 0.6) is 5.75 Å². The molecule has 4 nitrogen and oxygen atoms in total. The molecule has 13 heavy (non-hydrogen) atoms.